The molecule has 4 aliphatic carbocycles. The van der Waals surface area contributed by atoms with E-state index in [9.17, 15) is 9.59 Å². The molecule has 6 atom stereocenters. The van der Waals surface area contributed by atoms with Crippen molar-refractivity contribution in [3.8, 4) is 0 Å². The largest absolute Gasteiger partial charge is 0.399 e. The van der Waals surface area contributed by atoms with Crippen LogP contribution in [0.5, 0.6) is 0 Å². The molecule has 0 heterocycles. The summed E-state index contributed by atoms with van der Waals surface area (Å²) in [6.07, 6.45) is 17.4. The lowest BCUT2D eigenvalue weighted by Gasteiger charge is -2.63. The highest BCUT2D eigenvalue weighted by molar-refractivity contribution is 5.76. The van der Waals surface area contributed by atoms with Crippen molar-refractivity contribution in [1.29, 1.82) is 0 Å². The van der Waals surface area contributed by atoms with Gasteiger partial charge >= 0.3 is 0 Å². The van der Waals surface area contributed by atoms with E-state index < -0.39 is 0 Å². The molecule has 1 saturated carbocycles. The topological polar surface area (TPSA) is 102 Å². The number of ether oxygens (including phenoxy) is 1. The second-order valence-corrected chi connectivity index (χ2v) is 10.8. The van der Waals surface area contributed by atoms with Crippen molar-refractivity contribution in [3.05, 3.63) is 59.4 Å². The normalized spacial score (nSPS) is 30.6. The van der Waals surface area contributed by atoms with Crippen molar-refractivity contribution in [2.75, 3.05) is 46.9 Å². The van der Waals surface area contributed by atoms with Gasteiger partial charge in [-0.1, -0.05) is 49.0 Å². The Balaban J connectivity index is 1.84. The van der Waals surface area contributed by atoms with E-state index in [1.54, 1.807) is 11.9 Å². The summed E-state index contributed by atoms with van der Waals surface area (Å²) in [7, 11) is 3.56. The highest BCUT2D eigenvalue weighted by Gasteiger charge is 2.61. The van der Waals surface area contributed by atoms with E-state index in [2.05, 4.69) is 63.3 Å². The van der Waals surface area contributed by atoms with Crippen LogP contribution in [-0.4, -0.2) is 69.1 Å². The molecule has 4 N–H and O–H groups in total. The Morgan fingerprint density at radius 3 is 2.65 bits per heavy atom. The van der Waals surface area contributed by atoms with Crippen LogP contribution in [0.25, 0.3) is 0 Å². The predicted octanol–water partition coefficient (Wildman–Crippen LogP) is 3.26. The summed E-state index contributed by atoms with van der Waals surface area (Å²) in [5.74, 6) is 1.88. The van der Waals surface area contributed by atoms with Gasteiger partial charge in [0.25, 0.3) is 0 Å². The molecule has 6 unspecified atom stereocenters. The quantitative estimate of drug-likeness (QED) is 0.225. The molecular formula is C30H46N4O3. The lowest BCUT2D eigenvalue weighted by atomic mass is 9.40. The minimum atomic E-state index is -0.193. The van der Waals surface area contributed by atoms with Crippen LogP contribution in [0.4, 0.5) is 0 Å². The molecule has 4 rings (SSSR count). The molecule has 1 fully saturated rings. The minimum absolute atomic E-state index is 0.120. The third kappa shape index (κ3) is 5.78. The Labute approximate surface area is 222 Å². The summed E-state index contributed by atoms with van der Waals surface area (Å²) in [4.78, 5) is 27.3. The molecule has 0 aromatic heterocycles. The van der Waals surface area contributed by atoms with Gasteiger partial charge in [0, 0.05) is 51.3 Å². The third-order valence-corrected chi connectivity index (χ3v) is 8.88. The minimum Gasteiger partial charge on any atom is -0.399 e. The zero-order valence-corrected chi connectivity index (χ0v) is 23.2. The summed E-state index contributed by atoms with van der Waals surface area (Å²) in [6, 6.07) is 0. The zero-order chi connectivity index (χ0) is 27.2. The first-order valence-electron chi connectivity index (χ1n) is 13.6. The number of nitrogens with zero attached hydrogens (tertiary/aromatic N) is 2. The van der Waals surface area contributed by atoms with Gasteiger partial charge in [-0.15, -0.1) is 0 Å². The van der Waals surface area contributed by atoms with Crippen LogP contribution < -0.4 is 11.5 Å². The van der Waals surface area contributed by atoms with Gasteiger partial charge in [-0.3, -0.25) is 9.59 Å². The van der Waals surface area contributed by atoms with Gasteiger partial charge in [0.15, 0.2) is 0 Å². The number of carbonyl (C=O) groups is 2. The molecule has 0 aliphatic heterocycles. The number of allylic oxidation sites excluding steroid dienone is 8. The summed E-state index contributed by atoms with van der Waals surface area (Å²) in [6.45, 7) is 9.19. The first kappa shape index (κ1) is 28.9. The lowest BCUT2D eigenvalue weighted by molar-refractivity contribution is -0.132. The third-order valence-electron chi connectivity index (χ3n) is 8.88. The van der Waals surface area contributed by atoms with Crippen molar-refractivity contribution < 1.29 is 14.3 Å². The van der Waals surface area contributed by atoms with Crippen LogP contribution in [0.15, 0.2) is 59.4 Å². The van der Waals surface area contributed by atoms with Crippen molar-refractivity contribution in [2.24, 2.45) is 46.5 Å². The van der Waals surface area contributed by atoms with Crippen LogP contribution in [0.3, 0.4) is 0 Å². The van der Waals surface area contributed by atoms with Crippen LogP contribution in [0, 0.1) is 35.0 Å². The van der Waals surface area contributed by atoms with Crippen molar-refractivity contribution in [1.82, 2.24) is 9.80 Å². The molecule has 204 valence electrons. The van der Waals surface area contributed by atoms with Crippen molar-refractivity contribution in [2.45, 2.75) is 33.6 Å². The van der Waals surface area contributed by atoms with Gasteiger partial charge in [0.2, 0.25) is 12.3 Å². The Morgan fingerprint density at radius 1 is 1.24 bits per heavy atom. The van der Waals surface area contributed by atoms with Gasteiger partial charge in [-0.05, 0) is 61.5 Å². The van der Waals surface area contributed by atoms with Crippen molar-refractivity contribution >= 4 is 12.3 Å². The highest BCUT2D eigenvalue weighted by atomic mass is 16.5. The first-order valence-corrected chi connectivity index (χ1v) is 13.6. The average molecular weight is 511 g/mol. The summed E-state index contributed by atoms with van der Waals surface area (Å²) in [5.41, 5.74) is 15.6. The molecule has 2 bridgehead atoms. The number of amides is 2. The van der Waals surface area contributed by atoms with Gasteiger partial charge in [0.1, 0.15) is 0 Å². The number of rotatable bonds is 13. The monoisotopic (exact) mass is 510 g/mol. The predicted molar refractivity (Wildman–Crippen MR) is 149 cm³/mol. The standard InChI is InChI=1S/C30H46N4O3/c1-6-8-26-21(2)29-24(9-7-14-31)22(3)30(26,27-19-23(32)10-11-25(27)29)13-12-28(36)34(5)16-18-37-17-15-33(4)20-35/h6-11,19-21,25-27,29H,12-18,31-32H2,1-5H3/b8-6-,9-7-. The molecule has 0 radical (unpaired) electrons. The van der Waals surface area contributed by atoms with E-state index in [1.807, 2.05) is 7.05 Å². The van der Waals surface area contributed by atoms with E-state index >= 15 is 0 Å². The number of hydrogen-bond donors (Lipinski definition) is 2. The molecule has 4 aliphatic rings. The highest BCUT2D eigenvalue weighted by Crippen LogP contribution is 2.67. The molecule has 0 saturated heterocycles. The number of hydrogen-bond acceptors (Lipinski definition) is 5. The van der Waals surface area contributed by atoms with Gasteiger partial charge < -0.3 is 26.0 Å². The summed E-state index contributed by atoms with van der Waals surface area (Å²) in [5, 5.41) is 0. The molecule has 2 amide bonds. The van der Waals surface area contributed by atoms with Crippen LogP contribution in [0.2, 0.25) is 0 Å². The van der Waals surface area contributed by atoms with Gasteiger partial charge in [-0.2, -0.15) is 0 Å². The summed E-state index contributed by atoms with van der Waals surface area (Å²) >= 11 is 0. The fourth-order valence-electron chi connectivity index (χ4n) is 7.03. The van der Waals surface area contributed by atoms with E-state index in [-0.39, 0.29) is 17.2 Å². The Hall–Kier alpha value is -2.64. The number of nitrogens with two attached hydrogens (primary N) is 2. The van der Waals surface area contributed by atoms with Crippen molar-refractivity contribution in [3.63, 3.8) is 0 Å². The second-order valence-electron chi connectivity index (χ2n) is 10.8. The Morgan fingerprint density at radius 2 is 1.97 bits per heavy atom. The molecular weight excluding hydrogens is 464 g/mol. The van der Waals surface area contributed by atoms with Gasteiger partial charge in [0.05, 0.1) is 13.2 Å². The maximum atomic E-state index is 13.3. The van der Waals surface area contributed by atoms with E-state index in [4.69, 9.17) is 16.2 Å². The Bertz CT molecular complexity index is 981. The molecule has 0 aromatic carbocycles. The van der Waals surface area contributed by atoms with Crippen LogP contribution in [-0.2, 0) is 14.3 Å². The number of carbonyl (C=O) groups excluding carboxylic acids is 2. The van der Waals surface area contributed by atoms with E-state index in [0.717, 1.165) is 18.5 Å². The fraction of sp³-hybridized carbons (Fsp3) is 0.600. The van der Waals surface area contributed by atoms with Gasteiger partial charge in [-0.25, -0.2) is 0 Å². The van der Waals surface area contributed by atoms with Crippen LogP contribution in [0.1, 0.15) is 33.6 Å². The van der Waals surface area contributed by atoms with E-state index in [0.29, 0.717) is 62.9 Å². The maximum absolute atomic E-state index is 13.3. The lowest BCUT2D eigenvalue weighted by Crippen LogP contribution is -2.57. The SMILES string of the molecule is C/C=C\C1C(C)C2C(/C=C\CN)=C(C)C1(CCC(=O)N(C)CCOCCN(C)C=O)C1C=C(N)C=CC21. The Kier molecular flexibility index (Phi) is 9.96. The maximum Gasteiger partial charge on any atom is 0.222 e. The molecule has 7 heteroatoms. The molecule has 0 spiro atoms. The molecule has 37 heavy (non-hydrogen) atoms. The van der Waals surface area contributed by atoms with E-state index in [1.165, 1.54) is 16.0 Å². The first-order chi connectivity index (χ1) is 17.7. The fourth-order valence-corrected chi connectivity index (χ4v) is 7.03. The molecule has 0 aromatic rings. The average Bonchev–Trinajstić information content (AvgIpc) is 2.89. The number of likely N-dealkylation sites (N-methyl/N-ethyl adjacent to an activating group) is 2. The number of fused-ring (bicyclic) bond motifs is 1. The summed E-state index contributed by atoms with van der Waals surface area (Å²) < 4.78 is 5.62. The van der Waals surface area contributed by atoms with Crippen LogP contribution >= 0.6 is 0 Å². The smallest absolute Gasteiger partial charge is 0.222 e. The molecule has 7 nitrogen and oxygen atoms in total. The zero-order valence-electron chi connectivity index (χ0n) is 23.2. The second kappa shape index (κ2) is 12.7.